The number of carbonyl (C=O) groups excluding carboxylic acids is 1. The molecule has 2 unspecified atom stereocenters. The van der Waals surface area contributed by atoms with Gasteiger partial charge in [0.05, 0.1) is 12.7 Å². The van der Waals surface area contributed by atoms with Crippen molar-refractivity contribution in [3.05, 3.63) is 110 Å². The number of nitrogens with zero attached hydrogens (tertiary/aromatic N) is 3. The Balaban J connectivity index is 1.32. The van der Waals surface area contributed by atoms with Crippen LogP contribution in [0.1, 0.15) is 34.0 Å². The van der Waals surface area contributed by atoms with E-state index in [-0.39, 0.29) is 28.9 Å². The Labute approximate surface area is 214 Å². The van der Waals surface area contributed by atoms with Gasteiger partial charge in [-0.1, -0.05) is 36.4 Å². The van der Waals surface area contributed by atoms with E-state index in [4.69, 9.17) is 4.74 Å². The van der Waals surface area contributed by atoms with Crippen molar-refractivity contribution in [2.75, 3.05) is 20.2 Å². The number of likely N-dealkylation sites (tertiary alicyclic amines) is 1. The van der Waals surface area contributed by atoms with E-state index in [1.54, 1.807) is 30.0 Å². The van der Waals surface area contributed by atoms with Crippen LogP contribution in [-0.2, 0) is 19.5 Å². The van der Waals surface area contributed by atoms with Gasteiger partial charge in [-0.15, -0.1) is 0 Å². The second-order valence-electron chi connectivity index (χ2n) is 10.1. The van der Waals surface area contributed by atoms with Crippen molar-refractivity contribution in [3.8, 4) is 5.75 Å². The highest BCUT2D eigenvalue weighted by molar-refractivity contribution is 6.06. The van der Waals surface area contributed by atoms with Crippen LogP contribution >= 0.6 is 0 Å². The van der Waals surface area contributed by atoms with Gasteiger partial charge in [0.1, 0.15) is 5.75 Å². The molecule has 4 aromatic rings. The normalized spacial score (nSPS) is 18.5. The van der Waals surface area contributed by atoms with E-state index in [0.29, 0.717) is 48.9 Å². The van der Waals surface area contributed by atoms with Gasteiger partial charge in [-0.25, -0.2) is 0 Å². The first-order valence-electron chi connectivity index (χ1n) is 12.8. The molecule has 2 aliphatic heterocycles. The maximum Gasteiger partial charge on any atom is 0.258 e. The van der Waals surface area contributed by atoms with Crippen LogP contribution in [0.25, 0.3) is 10.8 Å². The van der Waals surface area contributed by atoms with Crippen LogP contribution in [0.5, 0.6) is 5.75 Å². The number of amides is 1. The molecule has 7 heteroatoms. The lowest BCUT2D eigenvalue weighted by Crippen LogP contribution is -2.49. The third-order valence-electron chi connectivity index (χ3n) is 7.79. The van der Waals surface area contributed by atoms with Crippen molar-refractivity contribution in [1.29, 1.82) is 0 Å². The number of rotatable bonds is 5. The van der Waals surface area contributed by atoms with Crippen molar-refractivity contribution in [2.24, 2.45) is 5.92 Å². The van der Waals surface area contributed by atoms with Gasteiger partial charge in [0.2, 0.25) is 0 Å². The maximum absolute atomic E-state index is 14.0. The molecule has 2 aromatic heterocycles. The van der Waals surface area contributed by atoms with Gasteiger partial charge >= 0.3 is 0 Å². The van der Waals surface area contributed by atoms with Crippen LogP contribution in [0.4, 0.5) is 0 Å². The van der Waals surface area contributed by atoms with E-state index in [2.05, 4.69) is 0 Å². The van der Waals surface area contributed by atoms with Crippen LogP contribution in [0.15, 0.2) is 82.5 Å². The molecule has 1 amide bonds. The van der Waals surface area contributed by atoms with Gasteiger partial charge in [0.15, 0.2) is 0 Å². The average Bonchev–Trinajstić information content (AvgIpc) is 2.93. The minimum absolute atomic E-state index is 0.0295. The Morgan fingerprint density at radius 2 is 1.70 bits per heavy atom. The highest BCUT2D eigenvalue weighted by atomic mass is 16.5. The minimum Gasteiger partial charge on any atom is -0.497 e. The molecule has 0 radical (unpaired) electrons. The van der Waals surface area contributed by atoms with Gasteiger partial charge in [-0.2, -0.15) is 0 Å². The summed E-state index contributed by atoms with van der Waals surface area (Å²) in [5.41, 5.74) is 2.59. The van der Waals surface area contributed by atoms with E-state index in [9.17, 15) is 14.4 Å². The third kappa shape index (κ3) is 4.24. The molecule has 1 fully saturated rings. The summed E-state index contributed by atoms with van der Waals surface area (Å²) in [6, 6.07) is 20.6. The molecule has 2 aromatic carbocycles. The second-order valence-corrected chi connectivity index (χ2v) is 10.1. The molecule has 4 heterocycles. The molecule has 0 N–H and O–H groups in total. The summed E-state index contributed by atoms with van der Waals surface area (Å²) in [5, 5.41) is 1.24. The topological polar surface area (TPSA) is 73.5 Å². The number of hydrogen-bond acceptors (Lipinski definition) is 4. The van der Waals surface area contributed by atoms with E-state index in [0.717, 1.165) is 23.4 Å². The number of carbonyl (C=O) groups is 1. The van der Waals surface area contributed by atoms with E-state index in [1.807, 2.05) is 64.1 Å². The molecule has 0 saturated carbocycles. The molecule has 7 nitrogen and oxygen atoms in total. The molecule has 0 spiro atoms. The second kappa shape index (κ2) is 9.39. The lowest BCUT2D eigenvalue weighted by molar-refractivity contribution is 0.0595. The molecule has 2 aliphatic rings. The standard InChI is InChI=1S/C30H29N3O4/c1-37-23-11-9-20(10-12-23)13-14-31-19-26(24-5-2-3-6-25(24)29(31)35)30(36)32-16-21-15-22(18-32)27-7-4-8-28(34)33(27)17-21/h2-12,19,21-22H,13-18H2,1H3. The van der Waals surface area contributed by atoms with Gasteiger partial charge in [-0.3, -0.25) is 14.4 Å². The smallest absolute Gasteiger partial charge is 0.258 e. The van der Waals surface area contributed by atoms with Gasteiger partial charge in [-0.05, 0) is 48.6 Å². The summed E-state index contributed by atoms with van der Waals surface area (Å²) in [4.78, 5) is 41.6. The van der Waals surface area contributed by atoms with Crippen LogP contribution in [0.3, 0.4) is 0 Å². The number of aryl methyl sites for hydroxylation is 2. The monoisotopic (exact) mass is 495 g/mol. The Bertz CT molecular complexity index is 1600. The number of methoxy groups -OCH3 is 1. The van der Waals surface area contributed by atoms with Crippen molar-refractivity contribution >= 4 is 16.7 Å². The van der Waals surface area contributed by atoms with Crippen LogP contribution < -0.4 is 15.9 Å². The highest BCUT2D eigenvalue weighted by Crippen LogP contribution is 2.35. The minimum atomic E-state index is -0.0931. The van der Waals surface area contributed by atoms with E-state index >= 15 is 0 Å². The van der Waals surface area contributed by atoms with Gasteiger partial charge < -0.3 is 18.8 Å². The van der Waals surface area contributed by atoms with Crippen LogP contribution in [-0.4, -0.2) is 40.1 Å². The summed E-state index contributed by atoms with van der Waals surface area (Å²) in [6.45, 7) is 2.28. The number of pyridine rings is 2. The lowest BCUT2D eigenvalue weighted by Gasteiger charge is -2.42. The Morgan fingerprint density at radius 1 is 0.919 bits per heavy atom. The fourth-order valence-corrected chi connectivity index (χ4v) is 5.95. The van der Waals surface area contributed by atoms with Gasteiger partial charge in [0.25, 0.3) is 17.0 Å². The summed E-state index contributed by atoms with van der Waals surface area (Å²) >= 11 is 0. The summed E-state index contributed by atoms with van der Waals surface area (Å²) < 4.78 is 8.77. The zero-order valence-corrected chi connectivity index (χ0v) is 20.8. The SMILES string of the molecule is COc1ccc(CCn2cc(C(=O)N3CC4CC(C3)c3cccc(=O)n3C4)c3ccccc3c2=O)cc1. The first-order chi connectivity index (χ1) is 18.0. The lowest BCUT2D eigenvalue weighted by atomic mass is 9.83. The first-order valence-corrected chi connectivity index (χ1v) is 12.8. The van der Waals surface area contributed by atoms with E-state index in [1.165, 1.54) is 0 Å². The molecule has 1 saturated heterocycles. The van der Waals surface area contributed by atoms with E-state index < -0.39 is 0 Å². The summed E-state index contributed by atoms with van der Waals surface area (Å²) in [5.74, 6) is 1.11. The molecule has 0 aliphatic carbocycles. The van der Waals surface area contributed by atoms with Crippen molar-refractivity contribution in [2.45, 2.75) is 31.8 Å². The Hall–Kier alpha value is -4.13. The van der Waals surface area contributed by atoms with Crippen molar-refractivity contribution in [1.82, 2.24) is 14.0 Å². The number of aromatic nitrogens is 2. The first kappa shape index (κ1) is 23.3. The molecule has 37 heavy (non-hydrogen) atoms. The predicted octanol–water partition coefficient (Wildman–Crippen LogP) is 3.67. The fraction of sp³-hybridized carbons (Fsp3) is 0.300. The average molecular weight is 496 g/mol. The molecule has 6 rings (SSSR count). The maximum atomic E-state index is 14.0. The number of fused-ring (bicyclic) bond motifs is 5. The largest absolute Gasteiger partial charge is 0.497 e. The number of ether oxygens (including phenoxy) is 1. The van der Waals surface area contributed by atoms with Crippen LogP contribution in [0.2, 0.25) is 0 Å². The van der Waals surface area contributed by atoms with Crippen LogP contribution in [0, 0.1) is 5.92 Å². The fourth-order valence-electron chi connectivity index (χ4n) is 5.95. The number of benzene rings is 2. The number of hydrogen-bond donors (Lipinski definition) is 0. The Kier molecular flexibility index (Phi) is 5.91. The molecule has 188 valence electrons. The quantitative estimate of drug-likeness (QED) is 0.424. The predicted molar refractivity (Wildman–Crippen MR) is 142 cm³/mol. The highest BCUT2D eigenvalue weighted by Gasteiger charge is 2.37. The zero-order chi connectivity index (χ0) is 25.5. The van der Waals surface area contributed by atoms with Crippen molar-refractivity contribution in [3.63, 3.8) is 0 Å². The summed E-state index contributed by atoms with van der Waals surface area (Å²) in [6.07, 6.45) is 3.38. The summed E-state index contributed by atoms with van der Waals surface area (Å²) in [7, 11) is 1.64. The zero-order valence-electron chi connectivity index (χ0n) is 20.8. The molecular formula is C30H29N3O4. The molecular weight excluding hydrogens is 466 g/mol. The molecule has 2 atom stereocenters. The van der Waals surface area contributed by atoms with Gasteiger partial charge in [0, 0.05) is 60.8 Å². The molecule has 2 bridgehead atoms. The Morgan fingerprint density at radius 3 is 2.49 bits per heavy atom. The van der Waals surface area contributed by atoms with Crippen molar-refractivity contribution < 1.29 is 9.53 Å². The third-order valence-corrected chi connectivity index (χ3v) is 7.79. The number of piperidine rings is 1.